The summed E-state index contributed by atoms with van der Waals surface area (Å²) in [4.78, 5) is 0. The predicted molar refractivity (Wildman–Crippen MR) is 76.6 cm³/mol. The van der Waals surface area contributed by atoms with Crippen molar-refractivity contribution < 1.29 is 8.95 Å². The van der Waals surface area contributed by atoms with Crippen molar-refractivity contribution in [1.82, 2.24) is 0 Å². The number of rotatable bonds is 5. The highest BCUT2D eigenvalue weighted by atomic mass is 32.2. The molecule has 0 saturated heterocycles. The SMILES string of the molecule is COc1ccc(CC[S@@](=O)C2CCCCC2)cc1. The lowest BCUT2D eigenvalue weighted by atomic mass is 10.0. The predicted octanol–water partition coefficient (Wildman–Crippen LogP) is 3.32. The van der Waals surface area contributed by atoms with Crippen LogP contribution in [0.2, 0.25) is 0 Å². The summed E-state index contributed by atoms with van der Waals surface area (Å²) in [6.07, 6.45) is 7.08. The first kappa shape index (κ1) is 13.6. The zero-order valence-corrected chi connectivity index (χ0v) is 11.9. The topological polar surface area (TPSA) is 26.3 Å². The number of hydrogen-bond acceptors (Lipinski definition) is 2. The van der Waals surface area contributed by atoms with Crippen molar-refractivity contribution in [3.8, 4) is 5.75 Å². The van der Waals surface area contributed by atoms with Crippen LogP contribution in [0.3, 0.4) is 0 Å². The molecule has 1 atom stereocenters. The van der Waals surface area contributed by atoms with Crippen molar-refractivity contribution in [2.24, 2.45) is 0 Å². The molecule has 0 bridgehead atoms. The Balaban J connectivity index is 1.80. The number of methoxy groups -OCH3 is 1. The molecular formula is C15H22O2S. The van der Waals surface area contributed by atoms with E-state index in [1.165, 1.54) is 24.8 Å². The van der Waals surface area contributed by atoms with Crippen molar-refractivity contribution >= 4 is 10.8 Å². The fraction of sp³-hybridized carbons (Fsp3) is 0.600. The second-order valence-corrected chi connectivity index (χ2v) is 6.78. The summed E-state index contributed by atoms with van der Waals surface area (Å²) in [5.74, 6) is 1.68. The van der Waals surface area contributed by atoms with Gasteiger partial charge in [-0.15, -0.1) is 0 Å². The summed E-state index contributed by atoms with van der Waals surface area (Å²) in [5, 5.41) is 0.456. The highest BCUT2D eigenvalue weighted by molar-refractivity contribution is 7.85. The Hall–Kier alpha value is -0.830. The third-order valence-electron chi connectivity index (χ3n) is 3.67. The maximum Gasteiger partial charge on any atom is 0.118 e. The van der Waals surface area contributed by atoms with Gasteiger partial charge in [0.15, 0.2) is 0 Å². The van der Waals surface area contributed by atoms with E-state index >= 15 is 0 Å². The van der Waals surface area contributed by atoms with Crippen LogP contribution in [0, 0.1) is 0 Å². The largest absolute Gasteiger partial charge is 0.497 e. The molecule has 1 aliphatic rings. The molecule has 18 heavy (non-hydrogen) atoms. The van der Waals surface area contributed by atoms with Gasteiger partial charge < -0.3 is 4.74 Å². The van der Waals surface area contributed by atoms with Crippen molar-refractivity contribution in [3.63, 3.8) is 0 Å². The summed E-state index contributed by atoms with van der Waals surface area (Å²) in [7, 11) is 1.03. The summed E-state index contributed by atoms with van der Waals surface area (Å²) in [5.41, 5.74) is 1.25. The van der Waals surface area contributed by atoms with Gasteiger partial charge in [-0.3, -0.25) is 4.21 Å². The third-order valence-corrected chi connectivity index (χ3v) is 5.50. The van der Waals surface area contributed by atoms with Crippen LogP contribution in [0.15, 0.2) is 24.3 Å². The average Bonchev–Trinajstić information content (AvgIpc) is 2.46. The zero-order chi connectivity index (χ0) is 12.8. The lowest BCUT2D eigenvalue weighted by molar-refractivity contribution is 0.414. The fourth-order valence-electron chi connectivity index (χ4n) is 2.51. The molecule has 1 aromatic rings. The molecule has 0 spiro atoms. The van der Waals surface area contributed by atoms with Crippen LogP contribution in [0.5, 0.6) is 5.75 Å². The number of benzene rings is 1. The second kappa shape index (κ2) is 6.93. The van der Waals surface area contributed by atoms with E-state index in [0.29, 0.717) is 5.25 Å². The average molecular weight is 266 g/mol. The van der Waals surface area contributed by atoms with Crippen LogP contribution >= 0.6 is 0 Å². The van der Waals surface area contributed by atoms with Crippen molar-refractivity contribution in [3.05, 3.63) is 29.8 Å². The van der Waals surface area contributed by atoms with E-state index in [2.05, 4.69) is 12.1 Å². The van der Waals surface area contributed by atoms with Crippen LogP contribution in [0.25, 0.3) is 0 Å². The molecule has 2 rings (SSSR count). The molecule has 3 heteroatoms. The van der Waals surface area contributed by atoms with Crippen molar-refractivity contribution in [2.75, 3.05) is 12.9 Å². The van der Waals surface area contributed by atoms with E-state index in [-0.39, 0.29) is 0 Å². The second-order valence-electron chi connectivity index (χ2n) is 4.94. The third kappa shape index (κ3) is 3.84. The van der Waals surface area contributed by atoms with E-state index in [1.807, 2.05) is 12.1 Å². The van der Waals surface area contributed by atoms with E-state index in [1.54, 1.807) is 7.11 Å². The first-order valence-electron chi connectivity index (χ1n) is 6.79. The monoisotopic (exact) mass is 266 g/mol. The Bertz CT molecular complexity index is 380. The van der Waals surface area contributed by atoms with E-state index in [9.17, 15) is 4.21 Å². The number of hydrogen-bond donors (Lipinski definition) is 0. The Morgan fingerprint density at radius 1 is 1.17 bits per heavy atom. The Kier molecular flexibility index (Phi) is 5.24. The van der Waals surface area contributed by atoms with E-state index in [0.717, 1.165) is 30.8 Å². The first-order valence-corrected chi connectivity index (χ1v) is 8.18. The van der Waals surface area contributed by atoms with Crippen LogP contribution in [-0.2, 0) is 17.2 Å². The highest BCUT2D eigenvalue weighted by Crippen LogP contribution is 2.22. The highest BCUT2D eigenvalue weighted by Gasteiger charge is 2.19. The molecule has 0 aliphatic heterocycles. The number of ether oxygens (including phenoxy) is 1. The minimum absolute atomic E-state index is 0.456. The van der Waals surface area contributed by atoms with Crippen molar-refractivity contribution in [1.29, 1.82) is 0 Å². The molecule has 0 heterocycles. The van der Waals surface area contributed by atoms with Gasteiger partial charge in [0.25, 0.3) is 0 Å². The lowest BCUT2D eigenvalue weighted by Crippen LogP contribution is -2.21. The van der Waals surface area contributed by atoms with Gasteiger partial charge in [-0.25, -0.2) is 0 Å². The van der Waals surface area contributed by atoms with Gasteiger partial charge in [0.2, 0.25) is 0 Å². The first-order chi connectivity index (χ1) is 8.79. The smallest absolute Gasteiger partial charge is 0.118 e. The van der Waals surface area contributed by atoms with Gasteiger partial charge in [-0.05, 0) is 37.0 Å². The Morgan fingerprint density at radius 2 is 1.83 bits per heavy atom. The molecule has 1 saturated carbocycles. The standard InChI is InChI=1S/C15H22O2S/c1-17-14-9-7-13(8-10-14)11-12-18(16)15-5-3-2-4-6-15/h7-10,15H,2-6,11-12H2,1H3/t18-/m1/s1. The van der Waals surface area contributed by atoms with Gasteiger partial charge in [0, 0.05) is 21.8 Å². The van der Waals surface area contributed by atoms with Crippen LogP contribution in [0.1, 0.15) is 37.7 Å². The van der Waals surface area contributed by atoms with E-state index < -0.39 is 10.8 Å². The van der Waals surface area contributed by atoms with Crippen LogP contribution in [0.4, 0.5) is 0 Å². The van der Waals surface area contributed by atoms with Gasteiger partial charge in [-0.1, -0.05) is 31.4 Å². The normalized spacial score (nSPS) is 18.5. The van der Waals surface area contributed by atoms with Gasteiger partial charge in [0.05, 0.1) is 7.11 Å². The van der Waals surface area contributed by atoms with Gasteiger partial charge in [-0.2, -0.15) is 0 Å². The minimum Gasteiger partial charge on any atom is -0.497 e. The van der Waals surface area contributed by atoms with E-state index in [4.69, 9.17) is 4.74 Å². The van der Waals surface area contributed by atoms with Crippen LogP contribution < -0.4 is 4.74 Å². The molecule has 1 fully saturated rings. The summed E-state index contributed by atoms with van der Waals surface area (Å²) >= 11 is 0. The molecule has 0 N–H and O–H groups in total. The van der Waals surface area contributed by atoms with Crippen molar-refractivity contribution in [2.45, 2.75) is 43.8 Å². The van der Waals surface area contributed by atoms with Crippen LogP contribution in [-0.4, -0.2) is 22.3 Å². The molecule has 1 aliphatic carbocycles. The Labute approximate surface area is 112 Å². The zero-order valence-electron chi connectivity index (χ0n) is 11.1. The minimum atomic E-state index is -0.645. The van der Waals surface area contributed by atoms with Gasteiger partial charge in [0.1, 0.15) is 5.75 Å². The maximum absolute atomic E-state index is 12.2. The molecule has 0 radical (unpaired) electrons. The summed E-state index contributed by atoms with van der Waals surface area (Å²) in [6.45, 7) is 0. The summed E-state index contributed by atoms with van der Waals surface area (Å²) < 4.78 is 17.3. The Morgan fingerprint density at radius 3 is 2.44 bits per heavy atom. The molecule has 0 aromatic heterocycles. The number of aryl methyl sites for hydroxylation is 1. The molecule has 2 nitrogen and oxygen atoms in total. The quantitative estimate of drug-likeness (QED) is 0.817. The molecule has 100 valence electrons. The molecule has 0 unspecified atom stereocenters. The molecular weight excluding hydrogens is 244 g/mol. The summed E-state index contributed by atoms with van der Waals surface area (Å²) in [6, 6.07) is 8.07. The van der Waals surface area contributed by atoms with Gasteiger partial charge >= 0.3 is 0 Å². The lowest BCUT2D eigenvalue weighted by Gasteiger charge is -2.20. The molecule has 0 amide bonds. The molecule has 1 aromatic carbocycles. The fourth-order valence-corrected chi connectivity index (χ4v) is 4.13. The maximum atomic E-state index is 12.2.